The minimum absolute atomic E-state index is 0.110. The molecule has 1 rings (SSSR count). The highest BCUT2D eigenvalue weighted by Gasteiger charge is 2.11. The predicted molar refractivity (Wildman–Crippen MR) is 67.7 cm³/mol. The lowest BCUT2D eigenvalue weighted by molar-refractivity contribution is -0.120. The van der Waals surface area contributed by atoms with Gasteiger partial charge in [-0.1, -0.05) is 5.21 Å². The number of hydrogen-bond donors (Lipinski definition) is 3. The molecule has 0 atom stereocenters. The Morgan fingerprint density at radius 2 is 2.11 bits per heavy atom. The average molecular weight is 269 g/mol. The van der Waals surface area contributed by atoms with Gasteiger partial charge in [-0.15, -0.1) is 5.10 Å². The molecule has 0 aromatic carbocycles. The number of hydrogen-bond acceptors (Lipinski definition) is 5. The minimum atomic E-state index is -1.12. The van der Waals surface area contributed by atoms with E-state index in [0.717, 1.165) is 0 Å². The Balaban J connectivity index is 2.26. The minimum Gasteiger partial charge on any atom is -0.476 e. The van der Waals surface area contributed by atoms with Gasteiger partial charge in [-0.05, 0) is 20.8 Å². The molecule has 0 spiro atoms. The number of amides is 1. The molecule has 0 unspecified atom stereocenters. The molecule has 19 heavy (non-hydrogen) atoms. The molecule has 1 amide bonds. The first-order chi connectivity index (χ1) is 8.78. The highest BCUT2D eigenvalue weighted by atomic mass is 16.4. The molecule has 0 aliphatic rings. The fourth-order valence-electron chi connectivity index (χ4n) is 1.22. The lowest BCUT2D eigenvalue weighted by Crippen LogP contribution is -2.43. The van der Waals surface area contributed by atoms with E-state index in [4.69, 9.17) is 5.11 Å². The van der Waals surface area contributed by atoms with Crippen molar-refractivity contribution in [2.24, 2.45) is 0 Å². The summed E-state index contributed by atoms with van der Waals surface area (Å²) in [4.78, 5) is 22.1. The molecular weight excluding hydrogens is 250 g/mol. The van der Waals surface area contributed by atoms with Gasteiger partial charge in [0.05, 0.1) is 19.3 Å². The van der Waals surface area contributed by atoms with Crippen molar-refractivity contribution in [2.75, 3.05) is 13.1 Å². The summed E-state index contributed by atoms with van der Waals surface area (Å²) in [6.07, 6.45) is 1.32. The van der Waals surface area contributed by atoms with Gasteiger partial charge in [0.2, 0.25) is 5.91 Å². The maximum atomic E-state index is 11.5. The van der Waals surface area contributed by atoms with Gasteiger partial charge in [0, 0.05) is 12.1 Å². The third-order valence-corrected chi connectivity index (χ3v) is 2.20. The number of carboxylic acids is 1. The molecule has 8 heteroatoms. The summed E-state index contributed by atoms with van der Waals surface area (Å²) < 4.78 is 1.38. The van der Waals surface area contributed by atoms with E-state index < -0.39 is 5.97 Å². The third kappa shape index (κ3) is 5.96. The number of nitrogens with one attached hydrogen (secondary N) is 2. The van der Waals surface area contributed by atoms with E-state index in [0.29, 0.717) is 13.1 Å². The van der Waals surface area contributed by atoms with Gasteiger partial charge < -0.3 is 15.7 Å². The molecular formula is C11H19N5O3. The fraction of sp³-hybridized carbons (Fsp3) is 0.636. The quantitative estimate of drug-likeness (QED) is 0.641. The first-order valence-electron chi connectivity index (χ1n) is 5.93. The highest BCUT2D eigenvalue weighted by molar-refractivity contribution is 5.84. The van der Waals surface area contributed by atoms with Gasteiger partial charge in [-0.2, -0.15) is 0 Å². The summed E-state index contributed by atoms with van der Waals surface area (Å²) in [6, 6.07) is 0. The van der Waals surface area contributed by atoms with Crippen LogP contribution in [0.15, 0.2) is 6.20 Å². The summed E-state index contributed by atoms with van der Waals surface area (Å²) >= 11 is 0. The Hall–Kier alpha value is -1.96. The van der Waals surface area contributed by atoms with Gasteiger partial charge in [0.25, 0.3) is 0 Å². The summed E-state index contributed by atoms with van der Waals surface area (Å²) in [7, 11) is 0. The van der Waals surface area contributed by atoms with Crippen molar-refractivity contribution in [2.45, 2.75) is 32.9 Å². The van der Waals surface area contributed by atoms with E-state index in [1.807, 2.05) is 20.8 Å². The maximum Gasteiger partial charge on any atom is 0.358 e. The molecule has 1 heterocycles. The number of nitrogens with zero attached hydrogens (tertiary/aromatic N) is 3. The molecule has 0 radical (unpaired) electrons. The van der Waals surface area contributed by atoms with E-state index >= 15 is 0 Å². The first kappa shape index (κ1) is 15.1. The Labute approximate surface area is 111 Å². The second-order valence-corrected chi connectivity index (χ2v) is 5.13. The van der Waals surface area contributed by atoms with E-state index in [-0.39, 0.29) is 23.7 Å². The number of aromatic carboxylic acids is 1. The van der Waals surface area contributed by atoms with Crippen LogP contribution in [0.5, 0.6) is 0 Å². The molecule has 106 valence electrons. The molecule has 8 nitrogen and oxygen atoms in total. The molecule has 0 fully saturated rings. The SMILES string of the molecule is CC(C)(C)NCC(=O)NCCn1cc(C(=O)O)nn1. The van der Waals surface area contributed by atoms with Gasteiger partial charge in [0.15, 0.2) is 5.69 Å². The summed E-state index contributed by atoms with van der Waals surface area (Å²) in [6.45, 7) is 6.91. The lowest BCUT2D eigenvalue weighted by Gasteiger charge is -2.19. The summed E-state index contributed by atoms with van der Waals surface area (Å²) in [5.74, 6) is -1.24. The average Bonchev–Trinajstić information content (AvgIpc) is 2.74. The van der Waals surface area contributed by atoms with E-state index in [2.05, 4.69) is 20.9 Å². The van der Waals surface area contributed by atoms with Crippen LogP contribution in [-0.4, -0.2) is 50.6 Å². The highest BCUT2D eigenvalue weighted by Crippen LogP contribution is 1.96. The summed E-state index contributed by atoms with van der Waals surface area (Å²) in [5.41, 5.74) is -0.222. The normalized spacial score (nSPS) is 11.3. The van der Waals surface area contributed by atoms with Crippen LogP contribution in [0.25, 0.3) is 0 Å². The zero-order valence-electron chi connectivity index (χ0n) is 11.3. The molecule has 0 saturated carbocycles. The Morgan fingerprint density at radius 1 is 1.42 bits per heavy atom. The van der Waals surface area contributed by atoms with Crippen LogP contribution in [0, 0.1) is 0 Å². The fourth-order valence-corrected chi connectivity index (χ4v) is 1.22. The second kappa shape index (κ2) is 6.28. The number of aromatic nitrogens is 3. The van der Waals surface area contributed by atoms with Crippen LogP contribution in [-0.2, 0) is 11.3 Å². The van der Waals surface area contributed by atoms with Gasteiger partial charge in [-0.3, -0.25) is 4.79 Å². The lowest BCUT2D eigenvalue weighted by atomic mass is 10.1. The van der Waals surface area contributed by atoms with Crippen LogP contribution in [0.2, 0.25) is 0 Å². The Morgan fingerprint density at radius 3 is 2.63 bits per heavy atom. The second-order valence-electron chi connectivity index (χ2n) is 5.13. The number of carbonyl (C=O) groups excluding carboxylic acids is 1. The standard InChI is InChI=1S/C11H19N5O3/c1-11(2,3)13-6-9(17)12-4-5-16-7-8(10(18)19)14-15-16/h7,13H,4-6H2,1-3H3,(H,12,17)(H,18,19). The number of carbonyl (C=O) groups is 2. The maximum absolute atomic E-state index is 11.5. The third-order valence-electron chi connectivity index (χ3n) is 2.20. The Kier molecular flexibility index (Phi) is 4.99. The Bertz CT molecular complexity index is 449. The van der Waals surface area contributed by atoms with Crippen LogP contribution in [0.1, 0.15) is 31.3 Å². The van der Waals surface area contributed by atoms with Crippen molar-refractivity contribution in [1.82, 2.24) is 25.6 Å². The topological polar surface area (TPSA) is 109 Å². The van der Waals surface area contributed by atoms with E-state index in [1.54, 1.807) is 0 Å². The van der Waals surface area contributed by atoms with Gasteiger partial charge in [0.1, 0.15) is 0 Å². The monoisotopic (exact) mass is 269 g/mol. The van der Waals surface area contributed by atoms with Crippen molar-refractivity contribution in [3.05, 3.63) is 11.9 Å². The predicted octanol–water partition coefficient (Wildman–Crippen LogP) is -0.519. The van der Waals surface area contributed by atoms with Crippen LogP contribution < -0.4 is 10.6 Å². The molecule has 0 saturated heterocycles. The smallest absolute Gasteiger partial charge is 0.358 e. The summed E-state index contributed by atoms with van der Waals surface area (Å²) in [5, 5.41) is 21.5. The van der Waals surface area contributed by atoms with Crippen LogP contribution >= 0.6 is 0 Å². The molecule has 0 aliphatic carbocycles. The van der Waals surface area contributed by atoms with Crippen molar-refractivity contribution in [3.63, 3.8) is 0 Å². The van der Waals surface area contributed by atoms with Crippen molar-refractivity contribution in [3.8, 4) is 0 Å². The van der Waals surface area contributed by atoms with Gasteiger partial charge >= 0.3 is 5.97 Å². The molecule has 1 aromatic heterocycles. The molecule has 0 aliphatic heterocycles. The first-order valence-corrected chi connectivity index (χ1v) is 5.93. The largest absolute Gasteiger partial charge is 0.476 e. The molecule has 1 aromatic rings. The van der Waals surface area contributed by atoms with Crippen LogP contribution in [0.3, 0.4) is 0 Å². The van der Waals surface area contributed by atoms with E-state index in [1.165, 1.54) is 10.9 Å². The molecule has 0 bridgehead atoms. The van der Waals surface area contributed by atoms with Crippen molar-refractivity contribution in [1.29, 1.82) is 0 Å². The van der Waals surface area contributed by atoms with Gasteiger partial charge in [-0.25, -0.2) is 9.48 Å². The zero-order valence-corrected chi connectivity index (χ0v) is 11.3. The van der Waals surface area contributed by atoms with Crippen molar-refractivity contribution >= 4 is 11.9 Å². The van der Waals surface area contributed by atoms with Crippen molar-refractivity contribution < 1.29 is 14.7 Å². The zero-order chi connectivity index (χ0) is 14.5. The number of rotatable bonds is 6. The van der Waals surface area contributed by atoms with E-state index in [9.17, 15) is 9.59 Å². The van der Waals surface area contributed by atoms with Crippen LogP contribution in [0.4, 0.5) is 0 Å². The number of carboxylic acid groups (broad SMARTS) is 1. The molecule has 3 N–H and O–H groups in total.